The maximum atomic E-state index is 10.7. The molecule has 6 heteroatoms. The van der Waals surface area contributed by atoms with E-state index >= 15 is 0 Å². The van der Waals surface area contributed by atoms with Crippen LogP contribution in [-0.4, -0.2) is 19.6 Å². The third kappa shape index (κ3) is 4.69. The molecule has 2 aromatic rings. The van der Waals surface area contributed by atoms with Gasteiger partial charge in [-0.2, -0.15) is 0 Å². The van der Waals surface area contributed by atoms with Crippen molar-refractivity contribution in [3.63, 3.8) is 0 Å². The van der Waals surface area contributed by atoms with Gasteiger partial charge >= 0.3 is 5.97 Å². The molecule has 136 valence electrons. The third-order valence-electron chi connectivity index (χ3n) is 3.62. The van der Waals surface area contributed by atoms with Crippen molar-refractivity contribution in [3.05, 3.63) is 59.9 Å². The maximum absolute atomic E-state index is 10.7. The Bertz CT molecular complexity index is 789. The molecule has 0 atom stereocenters. The first-order valence-electron chi connectivity index (χ1n) is 8.18. The maximum Gasteiger partial charge on any atom is 0.307 e. The highest BCUT2D eigenvalue weighted by Crippen LogP contribution is 2.33. The lowest BCUT2D eigenvalue weighted by Gasteiger charge is -2.03. The Morgan fingerprint density at radius 1 is 0.923 bits per heavy atom. The van der Waals surface area contributed by atoms with Crippen molar-refractivity contribution in [2.75, 3.05) is 13.6 Å². The van der Waals surface area contributed by atoms with E-state index in [1.807, 2.05) is 49.4 Å². The third-order valence-corrected chi connectivity index (χ3v) is 3.62. The Morgan fingerprint density at radius 3 is 2.12 bits per heavy atom. The van der Waals surface area contributed by atoms with E-state index in [1.165, 1.54) is 13.2 Å². The molecular formula is C20H20O6. The van der Waals surface area contributed by atoms with E-state index in [1.54, 1.807) is 0 Å². The predicted molar refractivity (Wildman–Crippen MR) is 94.4 cm³/mol. The molecule has 0 aromatic heterocycles. The molecular weight excluding hydrogens is 336 g/mol. The second-order valence-corrected chi connectivity index (χ2v) is 5.79. The summed E-state index contributed by atoms with van der Waals surface area (Å²) in [6.07, 6.45) is 2.19. The SMILES string of the molecule is CC(=O)OC=C(C)Cc1ccc2c(c1)OCO2.c1ccc2c(c1)OCO2. The van der Waals surface area contributed by atoms with Crippen LogP contribution >= 0.6 is 0 Å². The van der Waals surface area contributed by atoms with Gasteiger partial charge in [-0.05, 0) is 48.7 Å². The molecule has 2 aliphatic heterocycles. The minimum atomic E-state index is -0.310. The zero-order valence-corrected chi connectivity index (χ0v) is 14.7. The Balaban J connectivity index is 0.000000181. The number of ether oxygens (including phenoxy) is 5. The fourth-order valence-electron chi connectivity index (χ4n) is 2.44. The van der Waals surface area contributed by atoms with Gasteiger partial charge < -0.3 is 23.7 Å². The number of carbonyl (C=O) groups excluding carboxylic acids is 1. The lowest BCUT2D eigenvalue weighted by Crippen LogP contribution is -1.94. The van der Waals surface area contributed by atoms with Crippen LogP contribution in [0.5, 0.6) is 23.0 Å². The zero-order chi connectivity index (χ0) is 18.4. The molecule has 0 unspecified atom stereocenters. The van der Waals surface area contributed by atoms with E-state index in [0.29, 0.717) is 13.2 Å². The average molecular weight is 356 g/mol. The highest BCUT2D eigenvalue weighted by molar-refractivity contribution is 5.66. The van der Waals surface area contributed by atoms with E-state index in [9.17, 15) is 4.79 Å². The van der Waals surface area contributed by atoms with Crippen molar-refractivity contribution in [1.82, 2.24) is 0 Å². The smallest absolute Gasteiger partial charge is 0.307 e. The van der Waals surface area contributed by atoms with Gasteiger partial charge in [-0.1, -0.05) is 18.2 Å². The number of rotatable bonds is 3. The van der Waals surface area contributed by atoms with Crippen LogP contribution in [0.3, 0.4) is 0 Å². The van der Waals surface area contributed by atoms with Crippen molar-refractivity contribution in [2.45, 2.75) is 20.3 Å². The van der Waals surface area contributed by atoms with Crippen molar-refractivity contribution in [1.29, 1.82) is 0 Å². The molecule has 0 amide bonds. The van der Waals surface area contributed by atoms with Crippen molar-refractivity contribution in [2.24, 2.45) is 0 Å². The van der Waals surface area contributed by atoms with Crippen molar-refractivity contribution in [3.8, 4) is 23.0 Å². The van der Waals surface area contributed by atoms with Crippen LogP contribution in [0.4, 0.5) is 0 Å². The van der Waals surface area contributed by atoms with Crippen LogP contribution in [0.2, 0.25) is 0 Å². The van der Waals surface area contributed by atoms with Gasteiger partial charge in [0.15, 0.2) is 23.0 Å². The number of fused-ring (bicyclic) bond motifs is 2. The summed E-state index contributed by atoms with van der Waals surface area (Å²) in [5.41, 5.74) is 2.06. The standard InChI is InChI=1S/C13H14O4.C7H6O2/c1-9(7-15-10(2)14)5-11-3-4-12-13(6-11)17-8-16-12;1-2-4-7-6(3-1)8-5-9-7/h3-4,6-7H,5,8H2,1-2H3;1-4H,5H2. The molecule has 0 radical (unpaired) electrons. The number of esters is 1. The summed E-state index contributed by atoms with van der Waals surface area (Å²) in [4.78, 5) is 10.7. The van der Waals surface area contributed by atoms with Gasteiger partial charge in [0.25, 0.3) is 0 Å². The molecule has 0 bridgehead atoms. The highest BCUT2D eigenvalue weighted by Gasteiger charge is 2.13. The largest absolute Gasteiger partial charge is 0.454 e. The van der Waals surface area contributed by atoms with Crippen molar-refractivity contribution < 1.29 is 28.5 Å². The van der Waals surface area contributed by atoms with Crippen LogP contribution < -0.4 is 18.9 Å². The number of allylic oxidation sites excluding steroid dienone is 1. The first kappa shape index (κ1) is 17.7. The van der Waals surface area contributed by atoms with E-state index in [0.717, 1.165) is 34.1 Å². The van der Waals surface area contributed by atoms with Gasteiger partial charge in [0.2, 0.25) is 13.6 Å². The summed E-state index contributed by atoms with van der Waals surface area (Å²) in [5, 5.41) is 0. The molecule has 2 aliphatic rings. The first-order valence-corrected chi connectivity index (χ1v) is 8.18. The summed E-state index contributed by atoms with van der Waals surface area (Å²) >= 11 is 0. The quantitative estimate of drug-likeness (QED) is 0.615. The van der Waals surface area contributed by atoms with E-state index < -0.39 is 0 Å². The van der Waals surface area contributed by atoms with Crippen LogP contribution in [0.25, 0.3) is 0 Å². The summed E-state index contributed by atoms with van der Waals surface area (Å²) in [6.45, 7) is 3.93. The van der Waals surface area contributed by atoms with Gasteiger partial charge in [-0.3, -0.25) is 4.79 Å². The summed E-state index contributed by atoms with van der Waals surface area (Å²) < 4.78 is 25.5. The van der Waals surface area contributed by atoms with Gasteiger partial charge in [0.1, 0.15) is 0 Å². The summed E-state index contributed by atoms with van der Waals surface area (Å²) in [7, 11) is 0. The molecule has 6 nitrogen and oxygen atoms in total. The Kier molecular flexibility index (Phi) is 5.63. The minimum absolute atomic E-state index is 0.279. The molecule has 26 heavy (non-hydrogen) atoms. The second-order valence-electron chi connectivity index (χ2n) is 5.79. The van der Waals surface area contributed by atoms with E-state index in [2.05, 4.69) is 0 Å². The molecule has 0 aliphatic carbocycles. The highest BCUT2D eigenvalue weighted by atomic mass is 16.7. The Hall–Kier alpha value is -3.15. The molecule has 0 saturated heterocycles. The molecule has 0 spiro atoms. The molecule has 2 aromatic carbocycles. The van der Waals surface area contributed by atoms with Gasteiger partial charge in [0.05, 0.1) is 6.26 Å². The molecule has 4 rings (SSSR count). The summed E-state index contributed by atoms with van der Waals surface area (Å²) in [6, 6.07) is 13.4. The van der Waals surface area contributed by atoms with E-state index in [4.69, 9.17) is 23.7 Å². The fraction of sp³-hybridized carbons (Fsp3) is 0.250. The lowest BCUT2D eigenvalue weighted by atomic mass is 10.1. The van der Waals surface area contributed by atoms with Crippen LogP contribution in [-0.2, 0) is 16.0 Å². The monoisotopic (exact) mass is 356 g/mol. The molecule has 0 saturated carbocycles. The molecule has 0 N–H and O–H groups in total. The topological polar surface area (TPSA) is 63.2 Å². The number of hydrogen-bond acceptors (Lipinski definition) is 6. The average Bonchev–Trinajstić information content (AvgIpc) is 3.29. The zero-order valence-electron chi connectivity index (χ0n) is 14.7. The van der Waals surface area contributed by atoms with Crippen LogP contribution in [0, 0.1) is 0 Å². The first-order chi connectivity index (χ1) is 12.6. The number of para-hydroxylation sites is 2. The number of benzene rings is 2. The van der Waals surface area contributed by atoms with Crippen LogP contribution in [0.15, 0.2) is 54.3 Å². The van der Waals surface area contributed by atoms with Gasteiger partial charge in [-0.15, -0.1) is 0 Å². The minimum Gasteiger partial charge on any atom is -0.454 e. The lowest BCUT2D eigenvalue weighted by molar-refractivity contribution is -0.135. The summed E-state index contributed by atoms with van der Waals surface area (Å²) in [5.74, 6) is 2.92. The Labute approximate surface area is 151 Å². The van der Waals surface area contributed by atoms with Crippen molar-refractivity contribution >= 4 is 5.97 Å². The fourth-order valence-corrected chi connectivity index (χ4v) is 2.44. The molecule has 2 heterocycles. The van der Waals surface area contributed by atoms with Gasteiger partial charge in [0, 0.05) is 6.92 Å². The Morgan fingerprint density at radius 2 is 1.50 bits per heavy atom. The number of carbonyl (C=O) groups is 1. The van der Waals surface area contributed by atoms with Gasteiger partial charge in [-0.25, -0.2) is 0 Å². The predicted octanol–water partition coefficient (Wildman–Crippen LogP) is 3.84. The number of hydrogen-bond donors (Lipinski definition) is 0. The normalized spacial score (nSPS) is 13.7. The van der Waals surface area contributed by atoms with E-state index in [-0.39, 0.29) is 12.8 Å². The molecule has 0 fully saturated rings. The second kappa shape index (κ2) is 8.29. The van der Waals surface area contributed by atoms with Crippen LogP contribution in [0.1, 0.15) is 19.4 Å².